The lowest BCUT2D eigenvalue weighted by Crippen LogP contribution is -3.10. The Kier molecular flexibility index (Phi) is 4.33. The molecule has 1 aliphatic rings. The molecule has 3 aromatic heterocycles. The Morgan fingerprint density at radius 3 is 2.75 bits per heavy atom. The fourth-order valence-corrected chi connectivity index (χ4v) is 4.56. The summed E-state index contributed by atoms with van der Waals surface area (Å²) in [4.78, 5) is 22.5. The number of nitrogens with zero attached hydrogens (tertiary/aromatic N) is 1. The average molecular weight is 396 g/mol. The highest BCUT2D eigenvalue weighted by atomic mass is 32.1. The van der Waals surface area contributed by atoms with Crippen LogP contribution in [0.5, 0.6) is 0 Å². The third kappa shape index (κ3) is 3.39. The van der Waals surface area contributed by atoms with Crippen LogP contribution in [0.2, 0.25) is 0 Å². The van der Waals surface area contributed by atoms with Gasteiger partial charge in [-0.3, -0.25) is 4.79 Å². The molecule has 142 valence electrons. The summed E-state index contributed by atoms with van der Waals surface area (Å²) in [5, 5.41) is 2.50. The van der Waals surface area contributed by atoms with Crippen LogP contribution in [0.15, 0.2) is 57.3 Å². The molecule has 1 atom stereocenters. The van der Waals surface area contributed by atoms with Crippen LogP contribution in [0.4, 0.5) is 4.39 Å². The van der Waals surface area contributed by atoms with Gasteiger partial charge in [-0.15, -0.1) is 11.3 Å². The molecule has 1 unspecified atom stereocenters. The molecule has 3 heterocycles. The molecule has 0 radical (unpaired) electrons. The number of nitrogens with one attached hydrogen (secondary N) is 2. The highest BCUT2D eigenvalue weighted by Crippen LogP contribution is 2.30. The van der Waals surface area contributed by atoms with Gasteiger partial charge in [-0.05, 0) is 24.3 Å². The molecule has 1 fully saturated rings. The van der Waals surface area contributed by atoms with Crippen molar-refractivity contribution in [3.63, 3.8) is 0 Å². The van der Waals surface area contributed by atoms with E-state index in [-0.39, 0.29) is 11.4 Å². The van der Waals surface area contributed by atoms with Gasteiger partial charge in [0.15, 0.2) is 5.82 Å². The molecule has 1 aliphatic carbocycles. The number of hydrogen-bond donors (Lipinski definition) is 2. The first-order valence-electron chi connectivity index (χ1n) is 9.30. The minimum absolute atomic E-state index is 0.135. The standard InChI is InChI=1S/C21H18FN3O2S/c22-14-5-3-13(4-6-14)10-25(15-7-8-15)11-18-23-20(26)19-16(12-28-21(19)24-18)17-2-1-9-27-17/h1-6,9,12,15H,7-8,10-11H2,(H,23,24,26)/p+1. The Bertz CT molecular complexity index is 1160. The Hall–Kier alpha value is -2.77. The highest BCUT2D eigenvalue weighted by Gasteiger charge is 2.34. The first-order valence-corrected chi connectivity index (χ1v) is 10.2. The third-order valence-electron chi connectivity index (χ3n) is 5.17. The van der Waals surface area contributed by atoms with Crippen molar-refractivity contribution < 1.29 is 13.7 Å². The van der Waals surface area contributed by atoms with Crippen LogP contribution in [-0.4, -0.2) is 16.0 Å². The molecule has 0 saturated heterocycles. The zero-order valence-corrected chi connectivity index (χ0v) is 15.9. The quantitative estimate of drug-likeness (QED) is 0.526. The first kappa shape index (κ1) is 17.3. The molecule has 1 saturated carbocycles. The fraction of sp³-hybridized carbons (Fsp3) is 0.238. The van der Waals surface area contributed by atoms with Gasteiger partial charge >= 0.3 is 0 Å². The topological polar surface area (TPSA) is 63.3 Å². The predicted octanol–water partition coefficient (Wildman–Crippen LogP) is 3.13. The van der Waals surface area contributed by atoms with E-state index in [0.717, 1.165) is 22.5 Å². The molecule has 0 amide bonds. The summed E-state index contributed by atoms with van der Waals surface area (Å²) in [5.74, 6) is 1.14. The number of benzene rings is 1. The van der Waals surface area contributed by atoms with Crippen LogP contribution in [0, 0.1) is 5.82 Å². The van der Waals surface area contributed by atoms with E-state index in [1.54, 1.807) is 12.3 Å². The number of rotatable bonds is 6. The fourth-order valence-electron chi connectivity index (χ4n) is 3.61. The molecule has 4 aromatic rings. The molecule has 5 nitrogen and oxygen atoms in total. The van der Waals surface area contributed by atoms with Crippen molar-refractivity contribution >= 4 is 21.6 Å². The Balaban J connectivity index is 1.43. The second-order valence-corrected chi connectivity index (χ2v) is 8.09. The van der Waals surface area contributed by atoms with Crippen molar-refractivity contribution in [3.05, 3.63) is 75.6 Å². The van der Waals surface area contributed by atoms with Gasteiger partial charge in [0, 0.05) is 29.3 Å². The third-order valence-corrected chi connectivity index (χ3v) is 6.05. The number of fused-ring (bicyclic) bond motifs is 1. The maximum atomic E-state index is 13.2. The lowest BCUT2D eigenvalue weighted by molar-refractivity contribution is -0.939. The lowest BCUT2D eigenvalue weighted by Gasteiger charge is -2.18. The van der Waals surface area contributed by atoms with Crippen molar-refractivity contribution in [1.82, 2.24) is 9.97 Å². The Labute approximate surface area is 164 Å². The second-order valence-electron chi connectivity index (χ2n) is 7.23. The Morgan fingerprint density at radius 2 is 2.04 bits per heavy atom. The number of thiophene rings is 1. The summed E-state index contributed by atoms with van der Waals surface area (Å²) in [7, 11) is 0. The van der Waals surface area contributed by atoms with Crippen molar-refractivity contribution in [2.45, 2.75) is 32.0 Å². The van der Waals surface area contributed by atoms with Crippen LogP contribution < -0.4 is 10.5 Å². The molecule has 28 heavy (non-hydrogen) atoms. The normalized spacial score (nSPS) is 15.2. The van der Waals surface area contributed by atoms with E-state index in [4.69, 9.17) is 9.40 Å². The van der Waals surface area contributed by atoms with E-state index in [9.17, 15) is 9.18 Å². The minimum atomic E-state index is -0.224. The number of halogens is 1. The Morgan fingerprint density at radius 1 is 1.21 bits per heavy atom. The molecule has 0 spiro atoms. The van der Waals surface area contributed by atoms with Crippen molar-refractivity contribution in [1.29, 1.82) is 0 Å². The van der Waals surface area contributed by atoms with Gasteiger partial charge in [-0.25, -0.2) is 9.37 Å². The van der Waals surface area contributed by atoms with Crippen molar-refractivity contribution in [3.8, 4) is 11.3 Å². The zero-order valence-electron chi connectivity index (χ0n) is 15.1. The minimum Gasteiger partial charge on any atom is -0.464 e. The van der Waals surface area contributed by atoms with Gasteiger partial charge in [0.25, 0.3) is 5.56 Å². The van der Waals surface area contributed by atoms with E-state index in [2.05, 4.69) is 4.98 Å². The number of hydrogen-bond acceptors (Lipinski definition) is 4. The van der Waals surface area contributed by atoms with Gasteiger partial charge in [0.1, 0.15) is 29.5 Å². The molecule has 5 rings (SSSR count). The summed E-state index contributed by atoms with van der Waals surface area (Å²) in [5.41, 5.74) is 1.73. The SMILES string of the molecule is O=c1[nH]c(C[NH+](Cc2ccc(F)cc2)C2CC2)nc2scc(-c3ccco3)c12. The first-order chi connectivity index (χ1) is 13.7. The smallest absolute Gasteiger partial charge is 0.260 e. The van der Waals surface area contributed by atoms with E-state index < -0.39 is 0 Å². The van der Waals surface area contributed by atoms with E-state index in [1.165, 1.54) is 41.2 Å². The number of quaternary nitrogens is 1. The number of furan rings is 1. The highest BCUT2D eigenvalue weighted by molar-refractivity contribution is 7.17. The second kappa shape index (κ2) is 7.00. The van der Waals surface area contributed by atoms with Crippen molar-refractivity contribution in [2.24, 2.45) is 0 Å². The maximum Gasteiger partial charge on any atom is 0.260 e. The number of aromatic nitrogens is 2. The van der Waals surface area contributed by atoms with Crippen LogP contribution in [0.25, 0.3) is 21.5 Å². The monoisotopic (exact) mass is 396 g/mol. The van der Waals surface area contributed by atoms with Crippen LogP contribution in [0.3, 0.4) is 0 Å². The van der Waals surface area contributed by atoms with Gasteiger partial charge in [0.05, 0.1) is 17.7 Å². The van der Waals surface area contributed by atoms with Gasteiger partial charge in [0.2, 0.25) is 0 Å². The summed E-state index contributed by atoms with van der Waals surface area (Å²) in [6.45, 7) is 1.43. The molecule has 2 N–H and O–H groups in total. The molecular weight excluding hydrogens is 377 g/mol. The molecule has 1 aromatic carbocycles. The average Bonchev–Trinajstić information content (AvgIpc) is 3.21. The summed E-state index contributed by atoms with van der Waals surface area (Å²) in [6, 6.07) is 10.9. The van der Waals surface area contributed by atoms with Gasteiger partial charge in [-0.1, -0.05) is 12.1 Å². The number of aromatic amines is 1. The van der Waals surface area contributed by atoms with Crippen LogP contribution in [0.1, 0.15) is 24.2 Å². The van der Waals surface area contributed by atoms with Crippen LogP contribution in [-0.2, 0) is 13.1 Å². The maximum absolute atomic E-state index is 13.2. The summed E-state index contributed by atoms with van der Waals surface area (Å²) < 4.78 is 18.6. The van der Waals surface area contributed by atoms with Gasteiger partial charge < -0.3 is 14.3 Å². The van der Waals surface area contributed by atoms with E-state index >= 15 is 0 Å². The summed E-state index contributed by atoms with van der Waals surface area (Å²) >= 11 is 1.46. The molecular formula is C21H19FN3O2S+. The predicted molar refractivity (Wildman–Crippen MR) is 106 cm³/mol. The van der Waals surface area contributed by atoms with E-state index in [1.807, 2.05) is 23.6 Å². The zero-order chi connectivity index (χ0) is 19.1. The van der Waals surface area contributed by atoms with Gasteiger partial charge in [-0.2, -0.15) is 0 Å². The van der Waals surface area contributed by atoms with Crippen LogP contribution >= 0.6 is 11.3 Å². The van der Waals surface area contributed by atoms with Crippen molar-refractivity contribution in [2.75, 3.05) is 0 Å². The molecule has 0 aliphatic heterocycles. The molecule has 7 heteroatoms. The molecule has 0 bridgehead atoms. The number of H-pyrrole nitrogens is 1. The van der Waals surface area contributed by atoms with E-state index in [0.29, 0.717) is 29.6 Å². The lowest BCUT2D eigenvalue weighted by atomic mass is 10.2. The summed E-state index contributed by atoms with van der Waals surface area (Å²) in [6.07, 6.45) is 3.94. The largest absolute Gasteiger partial charge is 0.464 e.